The molecule has 26 heavy (non-hydrogen) atoms. The second-order valence-electron chi connectivity index (χ2n) is 5.70. The number of ketones is 1. The molecule has 0 saturated carbocycles. The number of anilines is 1. The summed E-state index contributed by atoms with van der Waals surface area (Å²) in [7, 11) is 0. The monoisotopic (exact) mass is 402 g/mol. The molecule has 0 saturated heterocycles. The van der Waals surface area contributed by atoms with Gasteiger partial charge in [-0.15, -0.1) is 34.4 Å². The van der Waals surface area contributed by atoms with E-state index in [1.165, 1.54) is 11.8 Å². The summed E-state index contributed by atoms with van der Waals surface area (Å²) in [6.45, 7) is 3.41. The molecule has 0 fully saturated rings. The van der Waals surface area contributed by atoms with Gasteiger partial charge in [0.25, 0.3) is 0 Å². The molecule has 0 aliphatic heterocycles. The number of nitrogens with one attached hydrogen (secondary N) is 1. The van der Waals surface area contributed by atoms with Gasteiger partial charge >= 0.3 is 0 Å². The van der Waals surface area contributed by atoms with Crippen molar-refractivity contribution in [2.24, 2.45) is 0 Å². The van der Waals surface area contributed by atoms with E-state index in [1.54, 1.807) is 58.7 Å². The lowest BCUT2D eigenvalue weighted by Gasteiger charge is -2.11. The number of nitrogens with zero attached hydrogens (tertiary/aromatic N) is 1. The zero-order valence-corrected chi connectivity index (χ0v) is 16.8. The van der Waals surface area contributed by atoms with E-state index >= 15 is 0 Å². The molecule has 0 aliphatic rings. The second kappa shape index (κ2) is 8.62. The van der Waals surface area contributed by atoms with Gasteiger partial charge in [-0.2, -0.15) is 0 Å². The van der Waals surface area contributed by atoms with E-state index in [1.807, 2.05) is 23.8 Å². The Morgan fingerprint density at radius 2 is 1.96 bits per heavy atom. The minimum absolute atomic E-state index is 0.0111. The number of Topliss-reactive ketones (excluding diaryl/α,β-unsaturated/α-hetero) is 1. The largest absolute Gasteiger partial charge is 0.325 e. The van der Waals surface area contributed by atoms with E-state index in [2.05, 4.69) is 16.4 Å². The molecule has 4 nitrogen and oxygen atoms in total. The molecule has 1 aromatic carbocycles. The third kappa shape index (κ3) is 4.81. The number of benzene rings is 1. The zero-order valence-electron chi connectivity index (χ0n) is 14.4. The smallest absolute Gasteiger partial charge is 0.237 e. The van der Waals surface area contributed by atoms with Crippen LogP contribution in [0.3, 0.4) is 0 Å². The Labute approximate surface area is 164 Å². The summed E-state index contributed by atoms with van der Waals surface area (Å²) in [6, 6.07) is 11.0. The first-order chi connectivity index (χ1) is 12.5. The Balaban J connectivity index is 1.52. The fourth-order valence-electron chi connectivity index (χ4n) is 2.20. The van der Waals surface area contributed by atoms with E-state index < -0.39 is 0 Å². The van der Waals surface area contributed by atoms with Gasteiger partial charge in [-0.3, -0.25) is 9.59 Å². The molecule has 0 spiro atoms. The van der Waals surface area contributed by atoms with Crippen LogP contribution in [0.5, 0.6) is 0 Å². The molecule has 0 aliphatic carbocycles. The lowest BCUT2D eigenvalue weighted by atomic mass is 10.1. The van der Waals surface area contributed by atoms with Gasteiger partial charge in [0.1, 0.15) is 5.01 Å². The van der Waals surface area contributed by atoms with Crippen molar-refractivity contribution in [3.05, 3.63) is 58.4 Å². The van der Waals surface area contributed by atoms with Gasteiger partial charge in [0, 0.05) is 22.4 Å². The molecule has 3 aromatic rings. The summed E-state index contributed by atoms with van der Waals surface area (Å²) in [5, 5.41) is 7.80. The first-order valence-electron chi connectivity index (χ1n) is 8.04. The highest BCUT2D eigenvalue weighted by atomic mass is 32.2. The molecule has 0 radical (unpaired) electrons. The molecule has 0 unspecified atom stereocenters. The average molecular weight is 403 g/mol. The Hall–Kier alpha value is -1.96. The predicted octanol–water partition coefficient (Wildman–Crippen LogP) is 5.33. The van der Waals surface area contributed by atoms with Crippen molar-refractivity contribution in [3.8, 4) is 9.88 Å². The number of thiazole rings is 1. The quantitative estimate of drug-likeness (QED) is 0.542. The molecule has 134 valence electrons. The average Bonchev–Trinajstić information content (AvgIpc) is 3.31. The van der Waals surface area contributed by atoms with E-state index in [0.29, 0.717) is 17.0 Å². The Bertz CT molecular complexity index is 886. The third-order valence-corrected chi connectivity index (χ3v) is 6.80. The van der Waals surface area contributed by atoms with Crippen LogP contribution in [0.25, 0.3) is 9.88 Å². The van der Waals surface area contributed by atoms with Crippen molar-refractivity contribution in [2.75, 3.05) is 5.32 Å². The minimum Gasteiger partial charge on any atom is -0.325 e. The number of amides is 1. The van der Waals surface area contributed by atoms with Crippen molar-refractivity contribution in [3.63, 3.8) is 0 Å². The number of hydrogen-bond donors (Lipinski definition) is 1. The molecule has 2 aromatic heterocycles. The summed E-state index contributed by atoms with van der Waals surface area (Å²) in [5.74, 6) is 0.649. The summed E-state index contributed by atoms with van der Waals surface area (Å²) >= 11 is 4.87. The maximum Gasteiger partial charge on any atom is 0.237 e. The van der Waals surface area contributed by atoms with Crippen LogP contribution in [0.2, 0.25) is 0 Å². The van der Waals surface area contributed by atoms with Crippen LogP contribution >= 0.6 is 34.4 Å². The topological polar surface area (TPSA) is 59.1 Å². The molecule has 2 heterocycles. The van der Waals surface area contributed by atoms with E-state index in [4.69, 9.17) is 0 Å². The number of hydrogen-bond acceptors (Lipinski definition) is 6. The molecule has 3 rings (SSSR count). The fraction of sp³-hybridized carbons (Fsp3) is 0.211. The van der Waals surface area contributed by atoms with Gasteiger partial charge in [0.15, 0.2) is 5.78 Å². The van der Waals surface area contributed by atoms with Crippen LogP contribution in [0, 0.1) is 0 Å². The van der Waals surface area contributed by atoms with Crippen LogP contribution in [0.15, 0.2) is 47.2 Å². The Morgan fingerprint density at radius 1 is 1.19 bits per heavy atom. The maximum atomic E-state index is 12.3. The number of thioether (sulfide) groups is 1. The normalized spacial score (nSPS) is 11.9. The summed E-state index contributed by atoms with van der Waals surface area (Å²) in [6.07, 6.45) is 0. The fourth-order valence-corrected chi connectivity index (χ4v) is 4.72. The van der Waals surface area contributed by atoms with Gasteiger partial charge in [0.05, 0.1) is 15.8 Å². The van der Waals surface area contributed by atoms with Crippen molar-refractivity contribution in [1.29, 1.82) is 0 Å². The lowest BCUT2D eigenvalue weighted by molar-refractivity contribution is -0.115. The molecular weight excluding hydrogens is 384 g/mol. The van der Waals surface area contributed by atoms with E-state index in [-0.39, 0.29) is 16.9 Å². The summed E-state index contributed by atoms with van der Waals surface area (Å²) in [4.78, 5) is 29.4. The number of thiophene rings is 1. The highest BCUT2D eigenvalue weighted by molar-refractivity contribution is 7.99. The molecule has 1 N–H and O–H groups in total. The van der Waals surface area contributed by atoms with Crippen molar-refractivity contribution >= 4 is 51.8 Å². The Morgan fingerprint density at radius 3 is 2.62 bits per heavy atom. The molecule has 0 bridgehead atoms. The van der Waals surface area contributed by atoms with E-state index in [0.717, 1.165) is 10.7 Å². The van der Waals surface area contributed by atoms with Crippen molar-refractivity contribution in [1.82, 2.24) is 4.98 Å². The van der Waals surface area contributed by atoms with Crippen LogP contribution in [0.1, 0.15) is 29.9 Å². The molecule has 1 atom stereocenters. The number of aromatic nitrogens is 1. The SMILES string of the molecule is CC(=O)c1ccc(NC(=O)[C@@H](C)SCc2csc(-c3cccs3)n2)cc1. The van der Waals surface area contributed by atoms with Crippen molar-refractivity contribution < 1.29 is 9.59 Å². The first kappa shape index (κ1) is 18.8. The number of carbonyl (C=O) groups excluding carboxylic acids is 2. The third-order valence-electron chi connectivity index (χ3n) is 3.69. The predicted molar refractivity (Wildman–Crippen MR) is 111 cm³/mol. The molecular formula is C19H18N2O2S3. The van der Waals surface area contributed by atoms with Crippen LogP contribution < -0.4 is 5.32 Å². The number of rotatable bonds is 7. The standard InChI is InChI=1S/C19H18N2O2S3/c1-12(22)14-5-7-15(8-6-14)20-18(23)13(2)25-10-16-11-26-19(21-16)17-4-3-9-24-17/h3-9,11,13H,10H2,1-2H3,(H,20,23)/t13-/m1/s1. The summed E-state index contributed by atoms with van der Waals surface area (Å²) in [5.41, 5.74) is 2.32. The van der Waals surface area contributed by atoms with Gasteiger partial charge in [-0.25, -0.2) is 4.98 Å². The lowest BCUT2D eigenvalue weighted by Crippen LogP contribution is -2.22. The van der Waals surface area contributed by atoms with Gasteiger partial charge in [-0.1, -0.05) is 6.07 Å². The van der Waals surface area contributed by atoms with Crippen LogP contribution in [-0.2, 0) is 10.5 Å². The molecule has 7 heteroatoms. The highest BCUT2D eigenvalue weighted by Gasteiger charge is 2.15. The van der Waals surface area contributed by atoms with Gasteiger partial charge in [0.2, 0.25) is 5.91 Å². The highest BCUT2D eigenvalue weighted by Crippen LogP contribution is 2.29. The van der Waals surface area contributed by atoms with E-state index in [9.17, 15) is 9.59 Å². The Kier molecular flexibility index (Phi) is 6.24. The summed E-state index contributed by atoms with van der Waals surface area (Å²) < 4.78 is 0. The second-order valence-corrected chi connectivity index (χ2v) is 8.83. The number of carbonyl (C=O) groups is 2. The van der Waals surface area contributed by atoms with Crippen LogP contribution in [-0.4, -0.2) is 21.9 Å². The molecule has 1 amide bonds. The van der Waals surface area contributed by atoms with Crippen molar-refractivity contribution in [2.45, 2.75) is 24.9 Å². The van der Waals surface area contributed by atoms with Gasteiger partial charge in [-0.05, 0) is 49.6 Å². The van der Waals surface area contributed by atoms with Crippen LogP contribution in [0.4, 0.5) is 5.69 Å². The van der Waals surface area contributed by atoms with Gasteiger partial charge < -0.3 is 5.32 Å². The maximum absolute atomic E-state index is 12.3. The zero-order chi connectivity index (χ0) is 18.5. The minimum atomic E-state index is -0.200. The first-order valence-corrected chi connectivity index (χ1v) is 10.9.